The third-order valence-corrected chi connectivity index (χ3v) is 4.16. The molecule has 0 saturated heterocycles. The number of aromatic carboxylic acids is 1. The number of hydrogen-bond donors (Lipinski definition) is 2. The van der Waals surface area contributed by atoms with E-state index < -0.39 is 5.97 Å². The Kier molecular flexibility index (Phi) is 4.74. The van der Waals surface area contributed by atoms with Crippen molar-refractivity contribution in [3.05, 3.63) is 46.7 Å². The quantitative estimate of drug-likeness (QED) is 0.800. The number of carboxylic acids is 1. The number of methoxy groups -OCH3 is 1. The van der Waals surface area contributed by atoms with Crippen molar-refractivity contribution >= 4 is 11.9 Å². The molecule has 1 heterocycles. The van der Waals surface area contributed by atoms with E-state index in [0.717, 1.165) is 18.4 Å². The molecule has 1 aromatic carbocycles. The first-order chi connectivity index (χ1) is 12.0. The molecule has 0 spiro atoms. The summed E-state index contributed by atoms with van der Waals surface area (Å²) in [6.07, 6.45) is 2.64. The molecule has 132 valence electrons. The molecule has 1 fully saturated rings. The molecule has 7 heteroatoms. The van der Waals surface area contributed by atoms with Crippen molar-refractivity contribution in [2.45, 2.75) is 32.1 Å². The summed E-state index contributed by atoms with van der Waals surface area (Å²) in [4.78, 5) is 27.6. The molecule has 0 unspecified atom stereocenters. The van der Waals surface area contributed by atoms with E-state index in [1.54, 1.807) is 13.0 Å². The Balaban J connectivity index is 1.60. The summed E-state index contributed by atoms with van der Waals surface area (Å²) in [5, 5.41) is 11.8. The first-order valence-corrected chi connectivity index (χ1v) is 8.15. The largest absolute Gasteiger partial charge is 0.496 e. The lowest BCUT2D eigenvalue weighted by Crippen LogP contribution is -2.26. The van der Waals surface area contributed by atoms with Gasteiger partial charge in [-0.1, -0.05) is 6.07 Å². The fourth-order valence-corrected chi connectivity index (χ4v) is 2.61. The van der Waals surface area contributed by atoms with Gasteiger partial charge < -0.3 is 19.6 Å². The van der Waals surface area contributed by atoms with Crippen molar-refractivity contribution in [3.63, 3.8) is 0 Å². The smallest absolute Gasteiger partial charge is 0.335 e. The van der Waals surface area contributed by atoms with Crippen LogP contribution in [-0.2, 0) is 6.42 Å². The Labute approximate surface area is 145 Å². The number of oxazole rings is 1. The Morgan fingerprint density at radius 1 is 1.40 bits per heavy atom. The number of aryl methyl sites for hydroxylation is 1. The van der Waals surface area contributed by atoms with Crippen molar-refractivity contribution in [3.8, 4) is 5.75 Å². The van der Waals surface area contributed by atoms with Crippen LogP contribution in [0.2, 0.25) is 0 Å². The number of aromatic nitrogens is 1. The lowest BCUT2D eigenvalue weighted by Gasteiger charge is -2.10. The highest BCUT2D eigenvalue weighted by molar-refractivity contribution is 5.92. The fourth-order valence-electron chi connectivity index (χ4n) is 2.61. The van der Waals surface area contributed by atoms with Crippen LogP contribution in [-0.4, -0.2) is 35.6 Å². The normalized spacial score (nSPS) is 13.5. The molecule has 2 aromatic rings. The van der Waals surface area contributed by atoms with E-state index in [0.29, 0.717) is 36.2 Å². The first-order valence-electron chi connectivity index (χ1n) is 8.15. The molecular weight excluding hydrogens is 324 g/mol. The summed E-state index contributed by atoms with van der Waals surface area (Å²) in [6, 6.07) is 4.69. The third kappa shape index (κ3) is 3.81. The number of amides is 1. The van der Waals surface area contributed by atoms with Gasteiger partial charge >= 0.3 is 5.97 Å². The molecule has 3 rings (SSSR count). The van der Waals surface area contributed by atoms with Crippen LogP contribution in [0.25, 0.3) is 0 Å². The van der Waals surface area contributed by atoms with Crippen molar-refractivity contribution in [2.75, 3.05) is 13.7 Å². The monoisotopic (exact) mass is 344 g/mol. The van der Waals surface area contributed by atoms with Crippen LogP contribution in [0.3, 0.4) is 0 Å². The first kappa shape index (κ1) is 17.0. The van der Waals surface area contributed by atoms with Gasteiger partial charge in [-0.15, -0.1) is 0 Å². The van der Waals surface area contributed by atoms with E-state index in [1.165, 1.54) is 19.2 Å². The van der Waals surface area contributed by atoms with E-state index in [4.69, 9.17) is 14.3 Å². The summed E-state index contributed by atoms with van der Waals surface area (Å²) in [6.45, 7) is 2.14. The molecule has 25 heavy (non-hydrogen) atoms. The lowest BCUT2D eigenvalue weighted by atomic mass is 10.1. The maximum atomic E-state index is 12.3. The molecule has 2 N–H and O–H groups in total. The zero-order valence-electron chi connectivity index (χ0n) is 14.2. The van der Waals surface area contributed by atoms with E-state index in [9.17, 15) is 9.59 Å². The molecule has 7 nitrogen and oxygen atoms in total. The van der Waals surface area contributed by atoms with Crippen LogP contribution in [0.5, 0.6) is 5.75 Å². The number of carbonyl (C=O) groups is 2. The molecule has 1 aromatic heterocycles. The van der Waals surface area contributed by atoms with Gasteiger partial charge in [0, 0.05) is 12.5 Å². The Bertz CT molecular complexity index is 808. The molecule has 0 radical (unpaired) electrons. The number of rotatable bonds is 7. The van der Waals surface area contributed by atoms with Crippen LogP contribution in [0, 0.1) is 6.92 Å². The third-order valence-electron chi connectivity index (χ3n) is 4.16. The van der Waals surface area contributed by atoms with Crippen molar-refractivity contribution < 1.29 is 23.8 Å². The molecule has 1 aliphatic rings. The predicted octanol–water partition coefficient (Wildman–Crippen LogP) is 2.54. The van der Waals surface area contributed by atoms with Crippen LogP contribution in [0.1, 0.15) is 56.8 Å². The van der Waals surface area contributed by atoms with Crippen LogP contribution >= 0.6 is 0 Å². The molecule has 1 aliphatic carbocycles. The maximum absolute atomic E-state index is 12.3. The minimum Gasteiger partial charge on any atom is -0.496 e. The SMILES string of the molecule is COc1cc(C(=O)O)ccc1CCNC(=O)c1oc(C2CC2)nc1C. The summed E-state index contributed by atoms with van der Waals surface area (Å²) in [5.74, 6) is 0.449. The zero-order valence-corrected chi connectivity index (χ0v) is 14.2. The van der Waals surface area contributed by atoms with Gasteiger partial charge in [-0.25, -0.2) is 9.78 Å². The summed E-state index contributed by atoms with van der Waals surface area (Å²) >= 11 is 0. The van der Waals surface area contributed by atoms with E-state index in [2.05, 4.69) is 10.3 Å². The van der Waals surface area contributed by atoms with Gasteiger partial charge in [0.05, 0.1) is 18.4 Å². The number of nitrogens with one attached hydrogen (secondary N) is 1. The molecule has 0 bridgehead atoms. The Hall–Kier alpha value is -2.83. The number of hydrogen-bond acceptors (Lipinski definition) is 5. The minimum atomic E-state index is -1.01. The Morgan fingerprint density at radius 2 is 2.16 bits per heavy atom. The molecule has 0 aliphatic heterocycles. The molecular formula is C18H20N2O5. The number of carbonyl (C=O) groups excluding carboxylic acids is 1. The average molecular weight is 344 g/mol. The van der Waals surface area contributed by atoms with Crippen LogP contribution in [0.15, 0.2) is 22.6 Å². The number of ether oxygens (including phenoxy) is 1. The highest BCUT2D eigenvalue weighted by Crippen LogP contribution is 2.40. The topological polar surface area (TPSA) is 102 Å². The van der Waals surface area contributed by atoms with Gasteiger partial charge in [0.2, 0.25) is 5.76 Å². The van der Waals surface area contributed by atoms with Crippen LogP contribution < -0.4 is 10.1 Å². The van der Waals surface area contributed by atoms with Crippen LogP contribution in [0.4, 0.5) is 0 Å². The van der Waals surface area contributed by atoms with Gasteiger partial charge in [0.1, 0.15) is 5.75 Å². The lowest BCUT2D eigenvalue weighted by molar-refractivity contribution is 0.0696. The van der Waals surface area contributed by atoms with E-state index in [-0.39, 0.29) is 17.2 Å². The van der Waals surface area contributed by atoms with Gasteiger partial charge in [-0.05, 0) is 43.9 Å². The number of benzene rings is 1. The van der Waals surface area contributed by atoms with Gasteiger partial charge in [0.25, 0.3) is 5.91 Å². The maximum Gasteiger partial charge on any atom is 0.335 e. The fraction of sp³-hybridized carbons (Fsp3) is 0.389. The number of carboxylic acid groups (broad SMARTS) is 1. The molecule has 1 amide bonds. The predicted molar refractivity (Wildman–Crippen MR) is 89.2 cm³/mol. The van der Waals surface area contributed by atoms with Gasteiger partial charge in [-0.3, -0.25) is 4.79 Å². The van der Waals surface area contributed by atoms with Gasteiger partial charge in [0.15, 0.2) is 5.89 Å². The summed E-state index contributed by atoms with van der Waals surface area (Å²) < 4.78 is 10.8. The summed E-state index contributed by atoms with van der Waals surface area (Å²) in [5.41, 5.74) is 1.58. The molecule has 1 saturated carbocycles. The highest BCUT2D eigenvalue weighted by atomic mass is 16.5. The second-order valence-corrected chi connectivity index (χ2v) is 6.08. The van der Waals surface area contributed by atoms with Crippen molar-refractivity contribution in [1.82, 2.24) is 10.3 Å². The average Bonchev–Trinajstić information content (AvgIpc) is 3.37. The van der Waals surface area contributed by atoms with E-state index >= 15 is 0 Å². The van der Waals surface area contributed by atoms with E-state index in [1.807, 2.05) is 0 Å². The number of nitrogens with zero attached hydrogens (tertiary/aromatic N) is 1. The van der Waals surface area contributed by atoms with Crippen molar-refractivity contribution in [2.24, 2.45) is 0 Å². The summed E-state index contributed by atoms with van der Waals surface area (Å²) in [7, 11) is 1.49. The second kappa shape index (κ2) is 6.96. The zero-order chi connectivity index (χ0) is 18.0. The van der Waals surface area contributed by atoms with Crippen molar-refractivity contribution in [1.29, 1.82) is 0 Å². The minimum absolute atomic E-state index is 0.162. The highest BCUT2D eigenvalue weighted by Gasteiger charge is 2.30. The van der Waals surface area contributed by atoms with Gasteiger partial charge in [-0.2, -0.15) is 0 Å². The standard InChI is InChI=1S/C18H20N2O5/c1-10-15(25-17(20-10)12-4-5-12)16(21)19-8-7-11-3-6-13(18(22)23)9-14(11)24-2/h3,6,9,12H,4-5,7-8H2,1-2H3,(H,19,21)(H,22,23). The Morgan fingerprint density at radius 3 is 2.80 bits per heavy atom. The second-order valence-electron chi connectivity index (χ2n) is 6.08. The molecule has 0 atom stereocenters.